The maximum Gasteiger partial charge on any atom is 0.214 e. The van der Waals surface area contributed by atoms with Crippen LogP contribution in [0.2, 0.25) is 0 Å². The van der Waals surface area contributed by atoms with Crippen LogP contribution in [0.3, 0.4) is 0 Å². The zero-order valence-electron chi connectivity index (χ0n) is 10.5. The Kier molecular flexibility index (Phi) is 7.18. The molecule has 1 atom stereocenters. The first-order valence-electron chi connectivity index (χ1n) is 5.99. The molecule has 92 valence electrons. The van der Waals surface area contributed by atoms with Gasteiger partial charge in [0.15, 0.2) is 0 Å². The van der Waals surface area contributed by atoms with Crippen molar-refractivity contribution in [1.29, 1.82) is 0 Å². The van der Waals surface area contributed by atoms with E-state index in [0.717, 1.165) is 19.3 Å². The fourth-order valence-corrected chi connectivity index (χ4v) is 3.38. The summed E-state index contributed by atoms with van der Waals surface area (Å²) < 4.78 is 25.6. The number of nitrogens with zero attached hydrogens (tertiary/aromatic N) is 1. The minimum absolute atomic E-state index is 0.132. The maximum absolute atomic E-state index is 12.0. The standard InChI is InChI=1S/C11H25NO2S/c1-5-8-9-12(11(4)7-3)15(13,14)10-6-2/h11H,5-10H2,1-4H3. The molecule has 0 rings (SSSR count). The summed E-state index contributed by atoms with van der Waals surface area (Å²) in [5.74, 6) is 0.279. The van der Waals surface area contributed by atoms with Crippen LogP contribution < -0.4 is 0 Å². The average Bonchev–Trinajstić information content (AvgIpc) is 2.17. The van der Waals surface area contributed by atoms with Gasteiger partial charge in [-0.3, -0.25) is 0 Å². The quantitative estimate of drug-likeness (QED) is 0.648. The van der Waals surface area contributed by atoms with Gasteiger partial charge in [-0.1, -0.05) is 27.2 Å². The number of sulfonamides is 1. The summed E-state index contributed by atoms with van der Waals surface area (Å²) in [5.41, 5.74) is 0. The van der Waals surface area contributed by atoms with Crippen molar-refractivity contribution in [2.24, 2.45) is 0 Å². The van der Waals surface area contributed by atoms with Crippen LogP contribution in [0, 0.1) is 0 Å². The molecule has 0 aromatic rings. The molecule has 0 aromatic heterocycles. The van der Waals surface area contributed by atoms with E-state index in [-0.39, 0.29) is 11.8 Å². The molecule has 0 N–H and O–H groups in total. The van der Waals surface area contributed by atoms with Crippen LogP contribution in [0.1, 0.15) is 53.4 Å². The van der Waals surface area contributed by atoms with Crippen LogP contribution in [-0.2, 0) is 10.0 Å². The molecule has 0 heterocycles. The van der Waals surface area contributed by atoms with Crippen molar-refractivity contribution in [2.45, 2.75) is 59.4 Å². The van der Waals surface area contributed by atoms with Gasteiger partial charge in [-0.15, -0.1) is 0 Å². The summed E-state index contributed by atoms with van der Waals surface area (Å²) >= 11 is 0. The molecule has 0 spiro atoms. The molecule has 0 bridgehead atoms. The highest BCUT2D eigenvalue weighted by Crippen LogP contribution is 2.13. The van der Waals surface area contributed by atoms with Crippen LogP contribution >= 0.6 is 0 Å². The van der Waals surface area contributed by atoms with Gasteiger partial charge in [0.2, 0.25) is 10.0 Å². The van der Waals surface area contributed by atoms with Crippen molar-refractivity contribution in [2.75, 3.05) is 12.3 Å². The molecule has 0 saturated carbocycles. The highest BCUT2D eigenvalue weighted by Gasteiger charge is 2.24. The maximum atomic E-state index is 12.0. The van der Waals surface area contributed by atoms with Crippen molar-refractivity contribution in [1.82, 2.24) is 4.31 Å². The summed E-state index contributed by atoms with van der Waals surface area (Å²) in [4.78, 5) is 0. The number of unbranched alkanes of at least 4 members (excludes halogenated alkanes) is 1. The first kappa shape index (κ1) is 14.9. The lowest BCUT2D eigenvalue weighted by Gasteiger charge is -2.27. The fraction of sp³-hybridized carbons (Fsp3) is 1.00. The normalized spacial score (nSPS) is 14.5. The third kappa shape index (κ3) is 4.98. The molecule has 4 heteroatoms. The Morgan fingerprint density at radius 1 is 1.13 bits per heavy atom. The third-order valence-corrected chi connectivity index (χ3v) is 4.82. The second-order valence-electron chi connectivity index (χ2n) is 4.04. The van der Waals surface area contributed by atoms with Crippen LogP contribution in [0.4, 0.5) is 0 Å². The Labute approximate surface area is 94.9 Å². The predicted molar refractivity (Wildman–Crippen MR) is 65.4 cm³/mol. The van der Waals surface area contributed by atoms with E-state index in [1.165, 1.54) is 0 Å². The van der Waals surface area contributed by atoms with Gasteiger partial charge in [0.05, 0.1) is 5.75 Å². The largest absolute Gasteiger partial charge is 0.214 e. The van der Waals surface area contributed by atoms with E-state index in [1.54, 1.807) is 4.31 Å². The second-order valence-corrected chi connectivity index (χ2v) is 6.08. The lowest BCUT2D eigenvalue weighted by atomic mass is 10.2. The molecule has 0 radical (unpaired) electrons. The fourth-order valence-electron chi connectivity index (χ4n) is 1.53. The molecule has 0 aliphatic carbocycles. The molecule has 0 fully saturated rings. The summed E-state index contributed by atoms with van der Waals surface area (Å²) in [6.45, 7) is 8.69. The van der Waals surface area contributed by atoms with Gasteiger partial charge in [-0.25, -0.2) is 8.42 Å². The highest BCUT2D eigenvalue weighted by molar-refractivity contribution is 7.89. The predicted octanol–water partition coefficient (Wildman–Crippen LogP) is 2.63. The van der Waals surface area contributed by atoms with Crippen molar-refractivity contribution in [3.8, 4) is 0 Å². The Hall–Kier alpha value is -0.0900. The molecule has 0 aromatic carbocycles. The van der Waals surface area contributed by atoms with Gasteiger partial charge >= 0.3 is 0 Å². The third-order valence-electron chi connectivity index (χ3n) is 2.63. The first-order chi connectivity index (χ1) is 6.99. The zero-order chi connectivity index (χ0) is 11.9. The Bertz CT molecular complexity index is 249. The summed E-state index contributed by atoms with van der Waals surface area (Å²) in [5, 5.41) is 0. The lowest BCUT2D eigenvalue weighted by Crippen LogP contribution is -2.40. The molecular weight excluding hydrogens is 210 g/mol. The Morgan fingerprint density at radius 2 is 1.73 bits per heavy atom. The SMILES string of the molecule is CCCCN(C(C)CC)S(=O)(=O)CCC. The van der Waals surface area contributed by atoms with Gasteiger partial charge < -0.3 is 0 Å². The topological polar surface area (TPSA) is 37.4 Å². The molecule has 15 heavy (non-hydrogen) atoms. The van der Waals surface area contributed by atoms with Crippen molar-refractivity contribution in [3.63, 3.8) is 0 Å². The summed E-state index contributed by atoms with van der Waals surface area (Å²) in [6, 6.07) is 0.132. The number of hydrogen-bond donors (Lipinski definition) is 0. The van der Waals surface area contributed by atoms with Crippen LogP contribution in [0.5, 0.6) is 0 Å². The van der Waals surface area contributed by atoms with Crippen molar-refractivity contribution < 1.29 is 8.42 Å². The van der Waals surface area contributed by atoms with Gasteiger partial charge in [0.1, 0.15) is 0 Å². The van der Waals surface area contributed by atoms with Gasteiger partial charge in [-0.2, -0.15) is 4.31 Å². The Balaban J connectivity index is 4.61. The van der Waals surface area contributed by atoms with Gasteiger partial charge in [-0.05, 0) is 26.2 Å². The first-order valence-corrected chi connectivity index (χ1v) is 7.60. The van der Waals surface area contributed by atoms with Crippen LogP contribution in [0.15, 0.2) is 0 Å². The minimum Gasteiger partial charge on any atom is -0.212 e. The van der Waals surface area contributed by atoms with E-state index >= 15 is 0 Å². The van der Waals surface area contributed by atoms with Gasteiger partial charge in [0, 0.05) is 12.6 Å². The van der Waals surface area contributed by atoms with Crippen LogP contribution in [0.25, 0.3) is 0 Å². The zero-order valence-corrected chi connectivity index (χ0v) is 11.3. The van der Waals surface area contributed by atoms with Crippen molar-refractivity contribution in [3.05, 3.63) is 0 Å². The second kappa shape index (κ2) is 7.23. The van der Waals surface area contributed by atoms with E-state index in [4.69, 9.17) is 0 Å². The molecule has 0 amide bonds. The summed E-state index contributed by atoms with van der Waals surface area (Å²) in [6.07, 6.45) is 3.57. The molecule has 0 aliphatic rings. The average molecular weight is 235 g/mol. The molecule has 0 aliphatic heterocycles. The van der Waals surface area contributed by atoms with E-state index in [2.05, 4.69) is 6.92 Å². The molecular formula is C11H25NO2S. The minimum atomic E-state index is -3.02. The van der Waals surface area contributed by atoms with E-state index < -0.39 is 10.0 Å². The lowest BCUT2D eigenvalue weighted by molar-refractivity contribution is 0.324. The Morgan fingerprint density at radius 3 is 2.13 bits per heavy atom. The van der Waals surface area contributed by atoms with E-state index in [9.17, 15) is 8.42 Å². The number of rotatable bonds is 8. The number of hydrogen-bond acceptors (Lipinski definition) is 2. The molecule has 0 saturated heterocycles. The van der Waals surface area contributed by atoms with E-state index in [1.807, 2.05) is 20.8 Å². The molecule has 1 unspecified atom stereocenters. The monoisotopic (exact) mass is 235 g/mol. The van der Waals surface area contributed by atoms with Crippen molar-refractivity contribution >= 4 is 10.0 Å². The molecule has 3 nitrogen and oxygen atoms in total. The van der Waals surface area contributed by atoms with Gasteiger partial charge in [0.25, 0.3) is 0 Å². The van der Waals surface area contributed by atoms with Crippen LogP contribution in [-0.4, -0.2) is 31.1 Å². The summed E-state index contributed by atoms with van der Waals surface area (Å²) in [7, 11) is -3.02. The van der Waals surface area contributed by atoms with E-state index in [0.29, 0.717) is 13.0 Å². The highest BCUT2D eigenvalue weighted by atomic mass is 32.2. The smallest absolute Gasteiger partial charge is 0.212 e.